The average molecular weight is 213 g/mol. The van der Waals surface area contributed by atoms with Gasteiger partial charge in [-0.15, -0.1) is 11.3 Å². The van der Waals surface area contributed by atoms with Crippen molar-refractivity contribution >= 4 is 17.3 Å². The maximum atomic E-state index is 10.6. The molecule has 0 radical (unpaired) electrons. The van der Waals surface area contributed by atoms with Crippen molar-refractivity contribution < 1.29 is 9.90 Å². The zero-order valence-corrected chi connectivity index (χ0v) is 9.06. The van der Waals surface area contributed by atoms with E-state index in [1.165, 1.54) is 17.8 Å². The summed E-state index contributed by atoms with van der Waals surface area (Å²) >= 11 is 1.49. The Morgan fingerprint density at radius 1 is 1.64 bits per heavy atom. The van der Waals surface area contributed by atoms with Gasteiger partial charge in [0.1, 0.15) is 0 Å². The molecule has 0 atom stereocenters. The van der Waals surface area contributed by atoms with Crippen LogP contribution in [0.3, 0.4) is 0 Å². The van der Waals surface area contributed by atoms with E-state index in [-0.39, 0.29) is 0 Å². The number of unbranched alkanes of at least 4 members (excludes halogenated alkanes) is 1. The molecule has 0 amide bonds. The van der Waals surface area contributed by atoms with E-state index in [1.54, 1.807) is 11.4 Å². The molecule has 0 unspecified atom stereocenters. The van der Waals surface area contributed by atoms with Gasteiger partial charge >= 0.3 is 5.97 Å². The van der Waals surface area contributed by atoms with Crippen molar-refractivity contribution in [1.82, 2.24) is 5.32 Å². The number of carbonyl (C=O) groups is 1. The molecule has 1 aromatic heterocycles. The molecule has 1 rings (SSSR count). The predicted octanol–water partition coefficient (Wildman–Crippen LogP) is 2.34. The minimum absolute atomic E-state index is 0.391. The third kappa shape index (κ3) is 3.47. The predicted molar refractivity (Wildman–Crippen MR) is 57.9 cm³/mol. The molecule has 0 spiro atoms. The van der Waals surface area contributed by atoms with E-state index in [0.29, 0.717) is 5.56 Å². The van der Waals surface area contributed by atoms with Crippen LogP contribution in [-0.2, 0) is 6.54 Å². The molecule has 0 aromatic carbocycles. The first kappa shape index (κ1) is 11.2. The fraction of sp³-hybridized carbons (Fsp3) is 0.500. The van der Waals surface area contributed by atoms with Gasteiger partial charge in [-0.25, -0.2) is 4.79 Å². The van der Waals surface area contributed by atoms with Gasteiger partial charge in [-0.1, -0.05) is 13.3 Å². The van der Waals surface area contributed by atoms with Crippen LogP contribution in [0.15, 0.2) is 11.4 Å². The highest BCUT2D eigenvalue weighted by Crippen LogP contribution is 2.14. The number of thiophene rings is 1. The van der Waals surface area contributed by atoms with Gasteiger partial charge in [0.15, 0.2) is 0 Å². The first-order chi connectivity index (χ1) is 6.74. The number of hydrogen-bond acceptors (Lipinski definition) is 3. The van der Waals surface area contributed by atoms with Crippen molar-refractivity contribution in [2.45, 2.75) is 26.3 Å². The van der Waals surface area contributed by atoms with Crippen LogP contribution in [0.5, 0.6) is 0 Å². The number of carboxylic acids is 1. The molecule has 0 saturated heterocycles. The molecule has 0 aliphatic heterocycles. The Hall–Kier alpha value is -0.870. The lowest BCUT2D eigenvalue weighted by atomic mass is 10.3. The molecule has 4 heteroatoms. The van der Waals surface area contributed by atoms with Crippen molar-refractivity contribution in [3.8, 4) is 0 Å². The Labute approximate surface area is 87.8 Å². The van der Waals surface area contributed by atoms with Crippen LogP contribution in [0.25, 0.3) is 0 Å². The van der Waals surface area contributed by atoms with Crippen molar-refractivity contribution in [2.75, 3.05) is 6.54 Å². The van der Waals surface area contributed by atoms with E-state index in [0.717, 1.165) is 24.4 Å². The van der Waals surface area contributed by atoms with E-state index in [1.807, 2.05) is 0 Å². The Morgan fingerprint density at radius 3 is 3.00 bits per heavy atom. The maximum absolute atomic E-state index is 10.6. The molecule has 0 aliphatic carbocycles. The fourth-order valence-electron chi connectivity index (χ4n) is 1.10. The minimum atomic E-state index is -0.846. The van der Waals surface area contributed by atoms with Gasteiger partial charge in [-0.2, -0.15) is 0 Å². The molecule has 1 heterocycles. The summed E-state index contributed by atoms with van der Waals surface area (Å²) in [6.45, 7) is 3.92. The lowest BCUT2D eigenvalue weighted by molar-refractivity contribution is 0.0697. The zero-order valence-electron chi connectivity index (χ0n) is 8.25. The van der Waals surface area contributed by atoms with Crippen LogP contribution in [0.1, 0.15) is 35.0 Å². The van der Waals surface area contributed by atoms with E-state index in [9.17, 15) is 4.79 Å². The quantitative estimate of drug-likeness (QED) is 0.713. The highest BCUT2D eigenvalue weighted by molar-refractivity contribution is 7.10. The second-order valence-corrected chi connectivity index (χ2v) is 4.13. The normalized spacial score (nSPS) is 10.4. The van der Waals surface area contributed by atoms with Crippen LogP contribution in [0, 0.1) is 0 Å². The van der Waals surface area contributed by atoms with Gasteiger partial charge in [0.2, 0.25) is 0 Å². The van der Waals surface area contributed by atoms with Gasteiger partial charge in [-0.05, 0) is 19.0 Å². The van der Waals surface area contributed by atoms with Gasteiger partial charge in [-0.3, -0.25) is 0 Å². The van der Waals surface area contributed by atoms with Crippen LogP contribution in [-0.4, -0.2) is 17.6 Å². The Morgan fingerprint density at radius 2 is 2.43 bits per heavy atom. The van der Waals surface area contributed by atoms with Crippen molar-refractivity contribution in [1.29, 1.82) is 0 Å². The lowest BCUT2D eigenvalue weighted by Crippen LogP contribution is -2.13. The zero-order chi connectivity index (χ0) is 10.4. The summed E-state index contributed by atoms with van der Waals surface area (Å²) in [7, 11) is 0. The van der Waals surface area contributed by atoms with E-state index >= 15 is 0 Å². The summed E-state index contributed by atoms with van der Waals surface area (Å²) in [5.41, 5.74) is 0.391. The molecule has 0 saturated carbocycles. The summed E-state index contributed by atoms with van der Waals surface area (Å²) in [5, 5.41) is 13.6. The molecule has 0 bridgehead atoms. The van der Waals surface area contributed by atoms with Gasteiger partial charge in [0, 0.05) is 16.8 Å². The SMILES string of the molecule is CCCCNCc1cc(C(=O)O)cs1. The van der Waals surface area contributed by atoms with E-state index in [2.05, 4.69) is 12.2 Å². The van der Waals surface area contributed by atoms with Crippen LogP contribution in [0.2, 0.25) is 0 Å². The number of aromatic carboxylic acids is 1. The van der Waals surface area contributed by atoms with Crippen molar-refractivity contribution in [2.24, 2.45) is 0 Å². The minimum Gasteiger partial charge on any atom is -0.478 e. The molecule has 1 aromatic rings. The monoisotopic (exact) mass is 213 g/mol. The number of carboxylic acid groups (broad SMARTS) is 1. The Bertz CT molecular complexity index is 296. The fourth-order valence-corrected chi connectivity index (χ4v) is 1.93. The van der Waals surface area contributed by atoms with E-state index < -0.39 is 5.97 Å². The van der Waals surface area contributed by atoms with Crippen molar-refractivity contribution in [3.05, 3.63) is 21.9 Å². The third-order valence-electron chi connectivity index (χ3n) is 1.91. The molecule has 78 valence electrons. The summed E-state index contributed by atoms with van der Waals surface area (Å²) in [5.74, 6) is -0.846. The first-order valence-electron chi connectivity index (χ1n) is 4.75. The molecular formula is C10H15NO2S. The van der Waals surface area contributed by atoms with E-state index in [4.69, 9.17) is 5.11 Å². The lowest BCUT2D eigenvalue weighted by Gasteiger charge is -1.99. The molecular weight excluding hydrogens is 198 g/mol. The van der Waals surface area contributed by atoms with Crippen molar-refractivity contribution in [3.63, 3.8) is 0 Å². The summed E-state index contributed by atoms with van der Waals surface area (Å²) < 4.78 is 0. The second kappa shape index (κ2) is 5.78. The van der Waals surface area contributed by atoms with Gasteiger partial charge < -0.3 is 10.4 Å². The average Bonchev–Trinajstić information content (AvgIpc) is 2.61. The largest absolute Gasteiger partial charge is 0.478 e. The number of hydrogen-bond donors (Lipinski definition) is 2. The van der Waals surface area contributed by atoms with Crippen LogP contribution < -0.4 is 5.32 Å². The first-order valence-corrected chi connectivity index (χ1v) is 5.63. The highest BCUT2D eigenvalue weighted by atomic mass is 32.1. The molecule has 2 N–H and O–H groups in total. The smallest absolute Gasteiger partial charge is 0.336 e. The standard InChI is InChI=1S/C10H15NO2S/c1-2-3-4-11-6-9-5-8(7-14-9)10(12)13/h5,7,11H,2-4,6H2,1H3,(H,12,13). The van der Waals surface area contributed by atoms with Gasteiger partial charge in [0.25, 0.3) is 0 Å². The summed E-state index contributed by atoms with van der Waals surface area (Å²) in [6, 6.07) is 1.73. The van der Waals surface area contributed by atoms with Crippen LogP contribution >= 0.6 is 11.3 Å². The summed E-state index contributed by atoms with van der Waals surface area (Å²) in [4.78, 5) is 11.7. The number of nitrogens with one attached hydrogen (secondary N) is 1. The molecule has 0 aliphatic rings. The summed E-state index contributed by atoms with van der Waals surface area (Å²) in [6.07, 6.45) is 2.34. The maximum Gasteiger partial charge on any atom is 0.336 e. The molecule has 14 heavy (non-hydrogen) atoms. The Kier molecular flexibility index (Phi) is 4.62. The highest BCUT2D eigenvalue weighted by Gasteiger charge is 2.05. The van der Waals surface area contributed by atoms with Crippen LogP contribution in [0.4, 0.5) is 0 Å². The van der Waals surface area contributed by atoms with Gasteiger partial charge in [0.05, 0.1) is 5.56 Å². The number of rotatable bonds is 6. The molecule has 0 fully saturated rings. The molecule has 3 nitrogen and oxygen atoms in total. The third-order valence-corrected chi connectivity index (χ3v) is 2.84. The topological polar surface area (TPSA) is 49.3 Å². The Balaban J connectivity index is 2.33. The second-order valence-electron chi connectivity index (χ2n) is 3.14.